The summed E-state index contributed by atoms with van der Waals surface area (Å²) in [6.45, 7) is 6.39. The van der Waals surface area contributed by atoms with Crippen LogP contribution in [0.3, 0.4) is 0 Å². The molecule has 0 bridgehead atoms. The van der Waals surface area contributed by atoms with Crippen molar-refractivity contribution in [1.29, 1.82) is 0 Å². The topological polar surface area (TPSA) is 175 Å². The molecule has 0 spiro atoms. The van der Waals surface area contributed by atoms with Crippen molar-refractivity contribution in [1.82, 2.24) is 35.6 Å². The Morgan fingerprint density at radius 2 is 1.11 bits per heavy atom. The summed E-state index contributed by atoms with van der Waals surface area (Å²) in [7, 11) is 2.97. The van der Waals surface area contributed by atoms with Gasteiger partial charge in [0.25, 0.3) is 0 Å². The number of hydrogen-bond acceptors (Lipinski definition) is 9. The molecule has 0 aliphatic carbocycles. The number of likely N-dealkylation sites (N-methyl/N-ethyl adjacent to an activating group) is 2. The second kappa shape index (κ2) is 17.6. The molecule has 1 aliphatic rings. The molecule has 14 heteroatoms. The van der Waals surface area contributed by atoms with E-state index in [4.69, 9.17) is 0 Å². The Bertz CT molecular complexity index is 768. The van der Waals surface area contributed by atoms with Crippen molar-refractivity contribution in [2.24, 2.45) is 0 Å². The Kier molecular flexibility index (Phi) is 15.3. The number of nitrogens with zero attached hydrogens (tertiary/aromatic N) is 4. The number of hydrogen-bond donors (Lipinski definition) is 5. The highest BCUT2D eigenvalue weighted by molar-refractivity contribution is 5.88. The molecular weight excluding hydrogens is 486 g/mol. The van der Waals surface area contributed by atoms with Gasteiger partial charge in [0.15, 0.2) is 0 Å². The Morgan fingerprint density at radius 3 is 1.49 bits per heavy atom. The molecule has 0 unspecified atom stereocenters. The monoisotopic (exact) mass is 529 g/mol. The van der Waals surface area contributed by atoms with Crippen molar-refractivity contribution < 1.29 is 34.2 Å². The Labute approximate surface area is 218 Å². The minimum atomic E-state index is -0.983. The fraction of sp³-hybridized carbons (Fsp3) is 0.783. The van der Waals surface area contributed by atoms with E-state index in [0.717, 1.165) is 6.54 Å². The zero-order valence-electron chi connectivity index (χ0n) is 22.2. The van der Waals surface area contributed by atoms with Gasteiger partial charge in [-0.05, 0) is 13.0 Å². The normalized spacial score (nSPS) is 18.1. The van der Waals surface area contributed by atoms with Gasteiger partial charge in [-0.25, -0.2) is 0 Å². The molecule has 14 nitrogen and oxygen atoms in total. The summed E-state index contributed by atoms with van der Waals surface area (Å²) in [6, 6.07) is -0.849. The van der Waals surface area contributed by atoms with E-state index in [2.05, 4.69) is 20.9 Å². The Morgan fingerprint density at radius 1 is 0.676 bits per heavy atom. The van der Waals surface area contributed by atoms with Gasteiger partial charge in [-0.2, -0.15) is 0 Å². The number of nitrogens with one attached hydrogen (secondary N) is 3. The number of carbonyl (C=O) groups excluding carboxylic acids is 3. The molecule has 1 saturated heterocycles. The number of carbonyl (C=O) groups is 5. The molecular formula is C23H43N7O7. The van der Waals surface area contributed by atoms with Crippen LogP contribution in [0.25, 0.3) is 0 Å². The van der Waals surface area contributed by atoms with Crippen LogP contribution in [-0.4, -0.2) is 158 Å². The van der Waals surface area contributed by atoms with Crippen molar-refractivity contribution in [3.8, 4) is 0 Å². The highest BCUT2D eigenvalue weighted by Gasteiger charge is 2.23. The quantitative estimate of drug-likeness (QED) is 0.176. The molecule has 1 rings (SSSR count). The third-order valence-electron chi connectivity index (χ3n) is 6.30. The van der Waals surface area contributed by atoms with Crippen LogP contribution in [-0.2, 0) is 24.0 Å². The Hall–Kier alpha value is -2.81. The van der Waals surface area contributed by atoms with Gasteiger partial charge < -0.3 is 31.1 Å². The smallest absolute Gasteiger partial charge is 0.317 e. The maximum atomic E-state index is 12.9. The van der Waals surface area contributed by atoms with E-state index in [0.29, 0.717) is 52.4 Å². The lowest BCUT2D eigenvalue weighted by Crippen LogP contribution is -2.51. The highest BCUT2D eigenvalue weighted by atomic mass is 16.4. The predicted molar refractivity (Wildman–Crippen MR) is 136 cm³/mol. The van der Waals surface area contributed by atoms with Crippen molar-refractivity contribution in [3.63, 3.8) is 0 Å². The van der Waals surface area contributed by atoms with Gasteiger partial charge in [0.05, 0.1) is 19.6 Å². The Balaban J connectivity index is 2.91. The summed E-state index contributed by atoms with van der Waals surface area (Å²) < 4.78 is 0. The molecule has 0 aromatic carbocycles. The van der Waals surface area contributed by atoms with Crippen molar-refractivity contribution >= 4 is 29.7 Å². The van der Waals surface area contributed by atoms with Gasteiger partial charge in [0, 0.05) is 72.9 Å². The molecule has 0 aromatic rings. The molecule has 1 fully saturated rings. The standard InChI is InChI=1S/C23H43N7O7/c1-4-27-7-9-28(15-20(32)26-18(23(37)25-3)5-6-19(31)24-2)11-12-30(17-22(35)36)14-13-29(10-8-27)16-21(33)34/h18H,4-17H2,1-3H3,(H,24,31)(H,25,37)(H,26,32)(H,33,34)(H,35,36)/t18-/m1/s1. The van der Waals surface area contributed by atoms with E-state index < -0.39 is 18.0 Å². The van der Waals surface area contributed by atoms with Crippen molar-refractivity contribution in [3.05, 3.63) is 0 Å². The van der Waals surface area contributed by atoms with Gasteiger partial charge in [-0.1, -0.05) is 6.92 Å². The largest absolute Gasteiger partial charge is 0.480 e. The van der Waals surface area contributed by atoms with Crippen molar-refractivity contribution in [2.45, 2.75) is 25.8 Å². The van der Waals surface area contributed by atoms with E-state index in [9.17, 15) is 34.2 Å². The number of carboxylic acids is 2. The molecule has 37 heavy (non-hydrogen) atoms. The van der Waals surface area contributed by atoms with Gasteiger partial charge in [-0.3, -0.25) is 38.7 Å². The molecule has 1 heterocycles. The predicted octanol–water partition coefficient (Wildman–Crippen LogP) is -2.85. The number of rotatable bonds is 12. The molecule has 0 saturated carbocycles. The van der Waals surface area contributed by atoms with Crippen molar-refractivity contribution in [2.75, 3.05) is 92.6 Å². The SMILES string of the molecule is CCN1CCN(CC(=O)O)CCN(CC(=O)O)CCN(CC(=O)N[C@H](CCC(=O)NC)C(=O)NC)CC1. The summed E-state index contributed by atoms with van der Waals surface area (Å²) in [5.41, 5.74) is 0. The number of amides is 3. The van der Waals surface area contributed by atoms with Crippen LogP contribution in [0.1, 0.15) is 19.8 Å². The molecule has 5 N–H and O–H groups in total. The van der Waals surface area contributed by atoms with Crippen LogP contribution in [0, 0.1) is 0 Å². The zero-order valence-corrected chi connectivity index (χ0v) is 22.2. The van der Waals surface area contributed by atoms with E-state index in [1.54, 1.807) is 4.90 Å². The molecule has 1 atom stereocenters. The van der Waals surface area contributed by atoms with Crippen LogP contribution in [0.2, 0.25) is 0 Å². The average Bonchev–Trinajstić information content (AvgIpc) is 2.85. The van der Waals surface area contributed by atoms with E-state index >= 15 is 0 Å². The summed E-state index contributed by atoms with van der Waals surface area (Å²) in [5, 5.41) is 26.3. The van der Waals surface area contributed by atoms with Gasteiger partial charge >= 0.3 is 11.9 Å². The fourth-order valence-electron chi connectivity index (χ4n) is 4.04. The van der Waals surface area contributed by atoms with E-state index in [1.165, 1.54) is 14.1 Å². The van der Waals surface area contributed by atoms with Gasteiger partial charge in [0.2, 0.25) is 17.7 Å². The number of aliphatic carboxylic acids is 2. The van der Waals surface area contributed by atoms with Crippen LogP contribution >= 0.6 is 0 Å². The lowest BCUT2D eigenvalue weighted by Gasteiger charge is -2.33. The maximum Gasteiger partial charge on any atom is 0.317 e. The van der Waals surface area contributed by atoms with Gasteiger partial charge in [0.1, 0.15) is 6.04 Å². The van der Waals surface area contributed by atoms with Crippen LogP contribution in [0.15, 0.2) is 0 Å². The number of carboxylic acid groups (broad SMARTS) is 2. The lowest BCUT2D eigenvalue weighted by atomic mass is 10.1. The first-order valence-corrected chi connectivity index (χ1v) is 12.6. The molecule has 212 valence electrons. The summed E-state index contributed by atoms with van der Waals surface area (Å²) in [6.07, 6.45) is 0.251. The third-order valence-corrected chi connectivity index (χ3v) is 6.30. The second-order valence-corrected chi connectivity index (χ2v) is 9.00. The summed E-state index contributed by atoms with van der Waals surface area (Å²) in [5.74, 6) is -2.89. The minimum absolute atomic E-state index is 0.0110. The maximum absolute atomic E-state index is 12.9. The zero-order chi connectivity index (χ0) is 27.8. The van der Waals surface area contributed by atoms with Crippen LogP contribution in [0.4, 0.5) is 0 Å². The van der Waals surface area contributed by atoms with Gasteiger partial charge in [-0.15, -0.1) is 0 Å². The lowest BCUT2D eigenvalue weighted by molar-refractivity contribution is -0.140. The van der Waals surface area contributed by atoms with E-state index in [1.807, 2.05) is 16.7 Å². The molecule has 3 amide bonds. The first-order chi connectivity index (χ1) is 17.6. The highest BCUT2D eigenvalue weighted by Crippen LogP contribution is 2.03. The summed E-state index contributed by atoms with van der Waals surface area (Å²) in [4.78, 5) is 67.0. The first kappa shape index (κ1) is 32.2. The average molecular weight is 530 g/mol. The van der Waals surface area contributed by atoms with Crippen LogP contribution < -0.4 is 16.0 Å². The third kappa shape index (κ3) is 13.9. The fourth-order valence-corrected chi connectivity index (χ4v) is 4.04. The molecule has 0 aromatic heterocycles. The molecule has 1 aliphatic heterocycles. The first-order valence-electron chi connectivity index (χ1n) is 12.6. The minimum Gasteiger partial charge on any atom is -0.480 e. The second-order valence-electron chi connectivity index (χ2n) is 9.00. The van der Waals surface area contributed by atoms with E-state index in [-0.39, 0.29) is 50.2 Å². The molecule has 0 radical (unpaired) electrons. The van der Waals surface area contributed by atoms with Crippen LogP contribution in [0.5, 0.6) is 0 Å². The summed E-state index contributed by atoms with van der Waals surface area (Å²) >= 11 is 0.